The van der Waals surface area contributed by atoms with Crippen LogP contribution < -0.4 is 10.5 Å². The molecule has 0 saturated carbocycles. The van der Waals surface area contributed by atoms with Crippen molar-refractivity contribution >= 4 is 11.6 Å². The number of nitrogens with two attached hydrogens (primary N) is 1. The Labute approximate surface area is 126 Å². The Morgan fingerprint density at radius 3 is 2.45 bits per heavy atom. The molecule has 2 heterocycles. The molecule has 20 heavy (non-hydrogen) atoms. The summed E-state index contributed by atoms with van der Waals surface area (Å²) in [6.45, 7) is 1.90. The van der Waals surface area contributed by atoms with E-state index in [1.165, 1.54) is 25.7 Å². The van der Waals surface area contributed by atoms with Crippen molar-refractivity contribution in [3.63, 3.8) is 0 Å². The maximum atomic E-state index is 6.10. The predicted molar refractivity (Wildman–Crippen MR) is 82.3 cm³/mol. The quantitative estimate of drug-likeness (QED) is 0.848. The van der Waals surface area contributed by atoms with Gasteiger partial charge in [-0.2, -0.15) is 0 Å². The molecular formula is C16H23ClN2O. The van der Waals surface area contributed by atoms with Crippen LogP contribution in [0, 0.1) is 0 Å². The Bertz CT molecular complexity index is 423. The van der Waals surface area contributed by atoms with Crippen LogP contribution in [0.4, 0.5) is 0 Å². The van der Waals surface area contributed by atoms with Gasteiger partial charge in [-0.1, -0.05) is 11.6 Å². The van der Waals surface area contributed by atoms with Crippen LogP contribution in [-0.4, -0.2) is 36.2 Å². The highest BCUT2D eigenvalue weighted by molar-refractivity contribution is 6.30. The zero-order valence-corrected chi connectivity index (χ0v) is 12.6. The summed E-state index contributed by atoms with van der Waals surface area (Å²) in [5.41, 5.74) is 6.10. The molecule has 1 aromatic carbocycles. The lowest BCUT2D eigenvalue weighted by molar-refractivity contribution is 0.119. The average molecular weight is 295 g/mol. The summed E-state index contributed by atoms with van der Waals surface area (Å²) in [7, 11) is 0. The number of hydrogen-bond donors (Lipinski definition) is 1. The molecule has 1 aromatic rings. The molecule has 2 aliphatic rings. The fraction of sp³-hybridized carbons (Fsp3) is 0.625. The number of ether oxygens (including phenoxy) is 1. The maximum absolute atomic E-state index is 6.10. The topological polar surface area (TPSA) is 38.5 Å². The monoisotopic (exact) mass is 294 g/mol. The van der Waals surface area contributed by atoms with Crippen LogP contribution in [0.25, 0.3) is 0 Å². The summed E-state index contributed by atoms with van der Waals surface area (Å²) in [6.07, 6.45) is 6.08. The molecule has 3 atom stereocenters. The van der Waals surface area contributed by atoms with Crippen molar-refractivity contribution in [2.75, 3.05) is 13.2 Å². The Hall–Kier alpha value is -0.770. The highest BCUT2D eigenvalue weighted by Gasteiger charge is 2.38. The molecular weight excluding hydrogens is 272 g/mol. The SMILES string of the molecule is NC1C[C@H]2CC[C@@H](C1)N2CCCOc1ccc(Cl)cc1. The van der Waals surface area contributed by atoms with Crippen molar-refractivity contribution in [1.29, 1.82) is 0 Å². The van der Waals surface area contributed by atoms with E-state index in [0.717, 1.165) is 42.4 Å². The first-order valence-electron chi connectivity index (χ1n) is 7.62. The van der Waals surface area contributed by atoms with E-state index in [0.29, 0.717) is 6.04 Å². The van der Waals surface area contributed by atoms with E-state index >= 15 is 0 Å². The van der Waals surface area contributed by atoms with Crippen molar-refractivity contribution in [1.82, 2.24) is 4.90 Å². The highest BCUT2D eigenvalue weighted by atomic mass is 35.5. The first-order valence-corrected chi connectivity index (χ1v) is 8.00. The molecule has 1 unspecified atom stereocenters. The van der Waals surface area contributed by atoms with Gasteiger partial charge in [0, 0.05) is 29.7 Å². The summed E-state index contributed by atoms with van der Waals surface area (Å²) < 4.78 is 5.75. The summed E-state index contributed by atoms with van der Waals surface area (Å²) in [6, 6.07) is 9.44. The van der Waals surface area contributed by atoms with Crippen molar-refractivity contribution in [2.45, 2.75) is 50.2 Å². The zero-order valence-electron chi connectivity index (χ0n) is 11.8. The van der Waals surface area contributed by atoms with Crippen LogP contribution in [-0.2, 0) is 0 Å². The summed E-state index contributed by atoms with van der Waals surface area (Å²) in [5, 5.41) is 0.749. The van der Waals surface area contributed by atoms with Crippen molar-refractivity contribution < 1.29 is 4.74 Å². The van der Waals surface area contributed by atoms with E-state index < -0.39 is 0 Å². The molecule has 4 heteroatoms. The lowest BCUT2D eigenvalue weighted by Crippen LogP contribution is -2.47. The molecule has 2 bridgehead atoms. The number of piperidine rings is 1. The van der Waals surface area contributed by atoms with E-state index in [-0.39, 0.29) is 0 Å². The second kappa shape index (κ2) is 6.33. The fourth-order valence-corrected chi connectivity index (χ4v) is 3.78. The van der Waals surface area contributed by atoms with Gasteiger partial charge in [0.2, 0.25) is 0 Å². The van der Waals surface area contributed by atoms with E-state index in [1.807, 2.05) is 24.3 Å². The molecule has 3 nitrogen and oxygen atoms in total. The Balaban J connectivity index is 1.41. The third-order valence-electron chi connectivity index (χ3n) is 4.56. The second-order valence-electron chi connectivity index (χ2n) is 6.01. The third kappa shape index (κ3) is 3.27. The average Bonchev–Trinajstić information content (AvgIpc) is 2.67. The normalized spacial score (nSPS) is 29.6. The van der Waals surface area contributed by atoms with Gasteiger partial charge in [-0.25, -0.2) is 0 Å². The number of hydrogen-bond acceptors (Lipinski definition) is 3. The first kappa shape index (κ1) is 14.2. The Kier molecular flexibility index (Phi) is 4.49. The maximum Gasteiger partial charge on any atom is 0.119 e. The lowest BCUT2D eigenvalue weighted by Gasteiger charge is -2.37. The second-order valence-corrected chi connectivity index (χ2v) is 6.45. The molecule has 2 aliphatic heterocycles. The molecule has 2 N–H and O–H groups in total. The molecule has 0 amide bonds. The minimum Gasteiger partial charge on any atom is -0.494 e. The van der Waals surface area contributed by atoms with Crippen LogP contribution in [0.5, 0.6) is 5.75 Å². The molecule has 110 valence electrons. The van der Waals surface area contributed by atoms with Gasteiger partial charge in [-0.15, -0.1) is 0 Å². The smallest absolute Gasteiger partial charge is 0.119 e. The van der Waals surface area contributed by atoms with Crippen molar-refractivity contribution in [3.05, 3.63) is 29.3 Å². The molecule has 0 radical (unpaired) electrons. The molecule has 0 spiro atoms. The Morgan fingerprint density at radius 1 is 1.15 bits per heavy atom. The van der Waals surface area contributed by atoms with Gasteiger partial charge in [0.15, 0.2) is 0 Å². The van der Waals surface area contributed by atoms with Crippen molar-refractivity contribution in [2.24, 2.45) is 5.73 Å². The predicted octanol–water partition coefficient (Wildman–Crippen LogP) is 3.06. The fourth-order valence-electron chi connectivity index (χ4n) is 3.65. The molecule has 2 saturated heterocycles. The minimum absolute atomic E-state index is 0.425. The van der Waals surface area contributed by atoms with Gasteiger partial charge in [0.25, 0.3) is 0 Å². The number of halogens is 1. The Morgan fingerprint density at radius 2 is 1.80 bits per heavy atom. The largest absolute Gasteiger partial charge is 0.494 e. The van der Waals surface area contributed by atoms with E-state index in [4.69, 9.17) is 22.1 Å². The van der Waals surface area contributed by atoms with Gasteiger partial charge in [0.05, 0.1) is 6.61 Å². The van der Waals surface area contributed by atoms with Crippen LogP contribution >= 0.6 is 11.6 Å². The summed E-state index contributed by atoms with van der Waals surface area (Å²) in [5.74, 6) is 0.901. The van der Waals surface area contributed by atoms with Crippen molar-refractivity contribution in [3.8, 4) is 5.75 Å². The zero-order chi connectivity index (χ0) is 13.9. The molecule has 0 aliphatic carbocycles. The number of rotatable bonds is 5. The van der Waals surface area contributed by atoms with Crippen LogP contribution in [0.15, 0.2) is 24.3 Å². The van der Waals surface area contributed by atoms with Gasteiger partial charge in [-0.05, 0) is 56.4 Å². The van der Waals surface area contributed by atoms with Gasteiger partial charge in [0.1, 0.15) is 5.75 Å². The highest BCUT2D eigenvalue weighted by Crippen LogP contribution is 2.34. The van der Waals surface area contributed by atoms with E-state index in [2.05, 4.69) is 4.90 Å². The van der Waals surface area contributed by atoms with Crippen LogP contribution in [0.1, 0.15) is 32.1 Å². The van der Waals surface area contributed by atoms with Crippen LogP contribution in [0.2, 0.25) is 5.02 Å². The lowest BCUT2D eigenvalue weighted by atomic mass is 9.98. The molecule has 2 fully saturated rings. The standard InChI is InChI=1S/C16H23ClN2O/c17-12-2-6-16(7-3-12)20-9-1-8-19-14-4-5-15(19)11-13(18)10-14/h2-3,6-7,13-15H,1,4-5,8-11,18H2/t13?,14-,15+. The molecule has 3 rings (SSSR count). The summed E-state index contributed by atoms with van der Waals surface area (Å²) >= 11 is 5.85. The van der Waals surface area contributed by atoms with Crippen LogP contribution in [0.3, 0.4) is 0 Å². The first-order chi connectivity index (χ1) is 9.72. The minimum atomic E-state index is 0.425. The molecule has 0 aromatic heterocycles. The third-order valence-corrected chi connectivity index (χ3v) is 4.82. The van der Waals surface area contributed by atoms with E-state index in [1.54, 1.807) is 0 Å². The van der Waals surface area contributed by atoms with Gasteiger partial charge < -0.3 is 10.5 Å². The number of fused-ring (bicyclic) bond motifs is 2. The number of nitrogens with zero attached hydrogens (tertiary/aromatic N) is 1. The summed E-state index contributed by atoms with van der Waals surface area (Å²) in [4.78, 5) is 2.66. The number of benzene rings is 1. The van der Waals surface area contributed by atoms with Gasteiger partial charge in [-0.3, -0.25) is 4.90 Å². The van der Waals surface area contributed by atoms with E-state index in [9.17, 15) is 0 Å². The van der Waals surface area contributed by atoms with Gasteiger partial charge >= 0.3 is 0 Å².